The molecule has 0 radical (unpaired) electrons. The van der Waals surface area contributed by atoms with Crippen LogP contribution >= 0.6 is 0 Å². The van der Waals surface area contributed by atoms with Crippen LogP contribution in [0.1, 0.15) is 32.3 Å². The van der Waals surface area contributed by atoms with Crippen molar-refractivity contribution in [2.45, 2.75) is 32.7 Å². The van der Waals surface area contributed by atoms with Gasteiger partial charge < -0.3 is 10.5 Å². The molecule has 0 aromatic heterocycles. The van der Waals surface area contributed by atoms with Gasteiger partial charge in [-0.1, -0.05) is 32.0 Å². The second-order valence-electron chi connectivity index (χ2n) is 4.80. The fourth-order valence-electron chi connectivity index (χ4n) is 2.30. The Hall–Kier alpha value is -1.02. The minimum absolute atomic E-state index is 0.215. The van der Waals surface area contributed by atoms with E-state index in [1.54, 1.807) is 0 Å². The Morgan fingerprint density at radius 2 is 1.93 bits per heavy atom. The summed E-state index contributed by atoms with van der Waals surface area (Å²) in [6, 6.07) is 8.48. The quantitative estimate of drug-likeness (QED) is 0.823. The molecule has 1 aromatic carbocycles. The van der Waals surface area contributed by atoms with Gasteiger partial charge in [0.15, 0.2) is 0 Å². The van der Waals surface area contributed by atoms with E-state index in [9.17, 15) is 0 Å². The second-order valence-corrected chi connectivity index (χ2v) is 4.80. The van der Waals surface area contributed by atoms with Gasteiger partial charge in [0.05, 0.1) is 6.61 Å². The number of nitrogens with two attached hydrogens (primary N) is 1. The van der Waals surface area contributed by atoms with E-state index in [2.05, 4.69) is 26.0 Å². The molecule has 0 aliphatic heterocycles. The predicted octanol–water partition coefficient (Wildman–Crippen LogP) is 2.54. The molecular formula is C13H19NO. The van der Waals surface area contributed by atoms with Crippen molar-refractivity contribution in [1.29, 1.82) is 0 Å². The molecule has 1 aliphatic rings. The lowest BCUT2D eigenvalue weighted by Crippen LogP contribution is -2.06. The Labute approximate surface area is 91.4 Å². The Morgan fingerprint density at radius 3 is 2.47 bits per heavy atom. The topological polar surface area (TPSA) is 35.2 Å². The molecule has 0 amide bonds. The molecule has 1 aromatic rings. The molecule has 0 unspecified atom stereocenters. The number of hydrogen-bond donors (Lipinski definition) is 1. The molecule has 0 spiro atoms. The van der Waals surface area contributed by atoms with E-state index in [1.165, 1.54) is 5.56 Å². The summed E-state index contributed by atoms with van der Waals surface area (Å²) < 4.78 is 5.62. The average Bonchev–Trinajstić information content (AvgIpc) is 2.68. The summed E-state index contributed by atoms with van der Waals surface area (Å²) >= 11 is 0. The molecule has 2 rings (SSSR count). The predicted molar refractivity (Wildman–Crippen MR) is 62.1 cm³/mol. The number of rotatable bonds is 3. The summed E-state index contributed by atoms with van der Waals surface area (Å²) in [5, 5.41) is 0. The van der Waals surface area contributed by atoms with Gasteiger partial charge in [-0.15, -0.1) is 0 Å². The summed E-state index contributed by atoms with van der Waals surface area (Å²) in [5.74, 6) is 1.44. The van der Waals surface area contributed by atoms with Gasteiger partial charge in [0.2, 0.25) is 0 Å². The van der Waals surface area contributed by atoms with E-state index in [0.29, 0.717) is 12.5 Å². The molecule has 0 heterocycles. The molecule has 0 bridgehead atoms. The minimum Gasteiger partial charge on any atom is -0.494 e. The second kappa shape index (κ2) is 3.53. The lowest BCUT2D eigenvalue weighted by Gasteiger charge is -2.10. The molecule has 1 fully saturated rings. The van der Waals surface area contributed by atoms with E-state index < -0.39 is 0 Å². The van der Waals surface area contributed by atoms with Crippen LogP contribution < -0.4 is 10.5 Å². The van der Waals surface area contributed by atoms with Crippen LogP contribution in [-0.4, -0.2) is 12.6 Å². The van der Waals surface area contributed by atoms with Crippen molar-refractivity contribution in [1.82, 2.24) is 0 Å². The molecule has 15 heavy (non-hydrogen) atoms. The van der Waals surface area contributed by atoms with Gasteiger partial charge in [-0.25, -0.2) is 0 Å². The summed E-state index contributed by atoms with van der Waals surface area (Å²) in [6.07, 6.45) is 0. The van der Waals surface area contributed by atoms with Gasteiger partial charge in [-0.3, -0.25) is 0 Å². The van der Waals surface area contributed by atoms with Crippen LogP contribution in [0.25, 0.3) is 0 Å². The zero-order valence-corrected chi connectivity index (χ0v) is 9.66. The average molecular weight is 205 g/mol. The Bertz CT molecular complexity index is 359. The Kier molecular flexibility index (Phi) is 2.47. The van der Waals surface area contributed by atoms with Crippen molar-refractivity contribution in [2.24, 2.45) is 11.1 Å². The van der Waals surface area contributed by atoms with Gasteiger partial charge in [0, 0.05) is 12.0 Å². The molecule has 1 saturated carbocycles. The molecule has 2 nitrogen and oxygen atoms in total. The third kappa shape index (κ3) is 1.63. The first-order chi connectivity index (χ1) is 7.09. The van der Waals surface area contributed by atoms with E-state index in [1.807, 2.05) is 19.1 Å². The summed E-state index contributed by atoms with van der Waals surface area (Å²) in [5.41, 5.74) is 7.56. The van der Waals surface area contributed by atoms with Crippen molar-refractivity contribution in [2.75, 3.05) is 6.61 Å². The van der Waals surface area contributed by atoms with Gasteiger partial charge in [0.25, 0.3) is 0 Å². The van der Waals surface area contributed by atoms with Crippen molar-refractivity contribution >= 4 is 0 Å². The monoisotopic (exact) mass is 205 g/mol. The normalized spacial score (nSPS) is 27.5. The first-order valence-electron chi connectivity index (χ1n) is 5.56. The van der Waals surface area contributed by atoms with Crippen molar-refractivity contribution in [3.05, 3.63) is 29.8 Å². The van der Waals surface area contributed by atoms with Crippen LogP contribution in [0, 0.1) is 5.41 Å². The van der Waals surface area contributed by atoms with Crippen molar-refractivity contribution in [3.8, 4) is 5.75 Å². The fourth-order valence-corrected chi connectivity index (χ4v) is 2.30. The smallest absolute Gasteiger partial charge is 0.122 e. The van der Waals surface area contributed by atoms with E-state index >= 15 is 0 Å². The van der Waals surface area contributed by atoms with Gasteiger partial charge in [0.1, 0.15) is 5.75 Å². The van der Waals surface area contributed by atoms with E-state index in [4.69, 9.17) is 10.5 Å². The molecule has 1 aliphatic carbocycles. The third-order valence-electron chi connectivity index (χ3n) is 3.46. The highest BCUT2D eigenvalue weighted by atomic mass is 16.5. The molecule has 82 valence electrons. The molecular weight excluding hydrogens is 186 g/mol. The first kappa shape index (κ1) is 10.5. The fraction of sp³-hybridized carbons (Fsp3) is 0.538. The molecule has 0 saturated heterocycles. The number of ether oxygens (including phenoxy) is 1. The highest BCUT2D eigenvalue weighted by molar-refractivity contribution is 5.44. The number of benzene rings is 1. The maximum absolute atomic E-state index is 6.09. The lowest BCUT2D eigenvalue weighted by atomic mass is 10.0. The zero-order chi connectivity index (χ0) is 11.1. The summed E-state index contributed by atoms with van der Waals surface area (Å²) in [7, 11) is 0. The standard InChI is InChI=1S/C13H19NO/c1-4-15-10-8-6-5-7-9(10)11-12(14)13(11,2)3/h5-8,11-12H,4,14H2,1-3H3/t11-,12-/m0/s1. The van der Waals surface area contributed by atoms with Gasteiger partial charge >= 0.3 is 0 Å². The first-order valence-corrected chi connectivity index (χ1v) is 5.56. The largest absolute Gasteiger partial charge is 0.494 e. The molecule has 2 heteroatoms. The number of hydrogen-bond acceptors (Lipinski definition) is 2. The summed E-state index contributed by atoms with van der Waals surface area (Å²) in [6.45, 7) is 7.14. The van der Waals surface area contributed by atoms with Crippen molar-refractivity contribution < 1.29 is 4.74 Å². The maximum Gasteiger partial charge on any atom is 0.122 e. The van der Waals surface area contributed by atoms with Crippen LogP contribution in [0.15, 0.2) is 24.3 Å². The van der Waals surface area contributed by atoms with Crippen LogP contribution in [0.5, 0.6) is 5.75 Å². The van der Waals surface area contributed by atoms with Crippen LogP contribution in [0.3, 0.4) is 0 Å². The highest BCUT2D eigenvalue weighted by Gasteiger charge is 2.56. The van der Waals surface area contributed by atoms with Gasteiger partial charge in [-0.05, 0) is 24.0 Å². The van der Waals surface area contributed by atoms with E-state index in [0.717, 1.165) is 5.75 Å². The highest BCUT2D eigenvalue weighted by Crippen LogP contribution is 2.58. The van der Waals surface area contributed by atoms with Crippen LogP contribution in [-0.2, 0) is 0 Å². The van der Waals surface area contributed by atoms with E-state index in [-0.39, 0.29) is 11.5 Å². The zero-order valence-electron chi connectivity index (χ0n) is 9.66. The van der Waals surface area contributed by atoms with Crippen LogP contribution in [0.4, 0.5) is 0 Å². The molecule has 2 N–H and O–H groups in total. The lowest BCUT2D eigenvalue weighted by molar-refractivity contribution is 0.335. The van der Waals surface area contributed by atoms with Crippen LogP contribution in [0.2, 0.25) is 0 Å². The maximum atomic E-state index is 6.09. The third-order valence-corrected chi connectivity index (χ3v) is 3.46. The Morgan fingerprint density at radius 1 is 1.33 bits per heavy atom. The molecule has 2 atom stereocenters. The summed E-state index contributed by atoms with van der Waals surface area (Å²) in [4.78, 5) is 0. The Balaban J connectivity index is 2.29. The van der Waals surface area contributed by atoms with Crippen molar-refractivity contribution in [3.63, 3.8) is 0 Å². The van der Waals surface area contributed by atoms with Gasteiger partial charge in [-0.2, -0.15) is 0 Å². The minimum atomic E-state index is 0.215. The number of para-hydroxylation sites is 1. The SMILES string of the molecule is CCOc1ccccc1[C@H]1[C@H](N)C1(C)C.